The number of amides is 1. The average Bonchev–Trinajstić information content (AvgIpc) is 3.16. The zero-order valence-electron chi connectivity index (χ0n) is 17.3. The molecule has 5 N–H and O–H groups in total. The Balaban J connectivity index is 1.83. The molecule has 14 heteroatoms. The lowest BCUT2D eigenvalue weighted by Crippen LogP contribution is -2.65. The average molecular weight is 484 g/mol. The maximum atomic E-state index is 12.9. The summed E-state index contributed by atoms with van der Waals surface area (Å²) >= 11 is 2.19. The summed E-state index contributed by atoms with van der Waals surface area (Å²) < 4.78 is 3.90. The van der Waals surface area contributed by atoms with Crippen LogP contribution in [-0.2, 0) is 24.0 Å². The van der Waals surface area contributed by atoms with Gasteiger partial charge in [-0.05, 0) is 25.8 Å². The fraction of sp³-hybridized carbons (Fsp3) is 0.500. The van der Waals surface area contributed by atoms with Crippen LogP contribution in [0.25, 0.3) is 0 Å². The summed E-state index contributed by atoms with van der Waals surface area (Å²) in [7, 11) is 0. The third kappa shape index (κ3) is 4.32. The predicted molar refractivity (Wildman–Crippen MR) is 115 cm³/mol. The second-order valence-corrected chi connectivity index (χ2v) is 9.54. The maximum Gasteiger partial charge on any atom is 0.350 e. The van der Waals surface area contributed by atoms with Crippen molar-refractivity contribution < 1.29 is 34.2 Å². The van der Waals surface area contributed by atoms with Gasteiger partial charge >= 0.3 is 11.9 Å². The SMILES string of the molecule is CCC1=C(C(=O)O)C2C(=O)[C@@H](NC(=O)/C(=N\OC(C)(C)C(=O)O)c3nsc(N)n3)[C@H]2SC1. The van der Waals surface area contributed by atoms with Gasteiger partial charge in [0.05, 0.1) is 5.92 Å². The van der Waals surface area contributed by atoms with Gasteiger partial charge in [-0.2, -0.15) is 21.1 Å². The molecular weight excluding hydrogens is 462 g/mol. The normalized spacial score (nSPS) is 23.3. The van der Waals surface area contributed by atoms with Gasteiger partial charge in [0.15, 0.2) is 10.9 Å². The molecule has 12 nitrogen and oxygen atoms in total. The number of carboxylic acid groups (broad SMARTS) is 2. The van der Waals surface area contributed by atoms with E-state index in [1.54, 1.807) is 0 Å². The summed E-state index contributed by atoms with van der Waals surface area (Å²) in [5, 5.41) is 24.5. The number of thioether (sulfide) groups is 1. The smallest absolute Gasteiger partial charge is 0.350 e. The molecule has 1 aliphatic heterocycles. The number of oxime groups is 1. The van der Waals surface area contributed by atoms with Crippen LogP contribution in [0, 0.1) is 5.92 Å². The topological polar surface area (TPSA) is 194 Å². The third-order valence-electron chi connectivity index (χ3n) is 5.10. The second kappa shape index (κ2) is 8.86. The lowest BCUT2D eigenvalue weighted by Gasteiger charge is -2.46. The Hall–Kier alpha value is -3.00. The van der Waals surface area contributed by atoms with E-state index in [1.165, 1.54) is 25.6 Å². The number of ketones is 1. The summed E-state index contributed by atoms with van der Waals surface area (Å²) in [6.45, 7) is 4.30. The minimum atomic E-state index is -1.75. The number of aliphatic carboxylic acids is 2. The number of nitrogen functional groups attached to an aromatic ring is 1. The van der Waals surface area contributed by atoms with Crippen LogP contribution in [0.2, 0.25) is 0 Å². The van der Waals surface area contributed by atoms with Crippen LogP contribution in [0.5, 0.6) is 0 Å². The Bertz CT molecular complexity index is 1050. The Morgan fingerprint density at radius 1 is 1.34 bits per heavy atom. The molecule has 3 rings (SSSR count). The van der Waals surface area contributed by atoms with Crippen molar-refractivity contribution in [3.63, 3.8) is 0 Å². The molecule has 1 saturated carbocycles. The summed E-state index contributed by atoms with van der Waals surface area (Å²) in [6, 6.07) is -0.945. The molecule has 0 bridgehead atoms. The number of fused-ring (bicyclic) bond motifs is 1. The number of carbonyl (C=O) groups excluding carboxylic acids is 2. The van der Waals surface area contributed by atoms with Crippen LogP contribution in [0.3, 0.4) is 0 Å². The highest BCUT2D eigenvalue weighted by Gasteiger charge is 2.56. The van der Waals surface area contributed by atoms with Gasteiger partial charge in [-0.25, -0.2) is 9.59 Å². The molecular formula is C18H21N5O7S2. The first-order chi connectivity index (χ1) is 15.0. The van der Waals surface area contributed by atoms with Crippen LogP contribution in [0.1, 0.15) is 33.0 Å². The molecule has 172 valence electrons. The number of nitrogens with one attached hydrogen (secondary N) is 1. The van der Waals surface area contributed by atoms with E-state index in [-0.39, 0.29) is 16.5 Å². The number of carbonyl (C=O) groups is 4. The van der Waals surface area contributed by atoms with Crippen molar-refractivity contribution in [1.29, 1.82) is 0 Å². The van der Waals surface area contributed by atoms with E-state index >= 15 is 0 Å². The zero-order chi connectivity index (χ0) is 23.8. The van der Waals surface area contributed by atoms with Gasteiger partial charge in [0.1, 0.15) is 6.04 Å². The standard InChI is InChI=1S/C18H21N5O7S2/c1-4-6-5-31-12-8(7(6)15(26)27)11(24)9(12)20-14(25)10(13-21-17(19)32-23-13)22-30-18(2,3)16(28)29/h8-9,12H,4-5H2,1-3H3,(H,20,25)(H,26,27)(H,28,29)(H2,19,21,23)/b22-10-/t8?,9-,12+/m1/s1. The third-order valence-corrected chi connectivity index (χ3v) is 7.09. The van der Waals surface area contributed by atoms with E-state index in [2.05, 4.69) is 19.8 Å². The number of aromatic nitrogens is 2. The van der Waals surface area contributed by atoms with Crippen molar-refractivity contribution in [2.24, 2.45) is 11.1 Å². The minimum Gasteiger partial charge on any atom is -0.478 e. The number of hydrogen-bond acceptors (Lipinski definition) is 11. The largest absolute Gasteiger partial charge is 0.478 e. The zero-order valence-corrected chi connectivity index (χ0v) is 19.0. The fourth-order valence-electron chi connectivity index (χ4n) is 3.24. The van der Waals surface area contributed by atoms with Crippen molar-refractivity contribution in [3.05, 3.63) is 17.0 Å². The molecule has 2 aliphatic rings. The minimum absolute atomic E-state index is 0.0453. The van der Waals surface area contributed by atoms with Gasteiger partial charge in [-0.15, -0.1) is 0 Å². The molecule has 1 aromatic heterocycles. The first-order valence-electron chi connectivity index (χ1n) is 9.48. The van der Waals surface area contributed by atoms with Gasteiger partial charge in [0, 0.05) is 28.1 Å². The van der Waals surface area contributed by atoms with E-state index in [1.807, 2.05) is 6.92 Å². The number of nitrogens with two attached hydrogens (primary N) is 1. The number of rotatable bonds is 8. The molecule has 1 amide bonds. The van der Waals surface area contributed by atoms with Crippen molar-refractivity contribution >= 4 is 57.8 Å². The molecule has 1 unspecified atom stereocenters. The Morgan fingerprint density at radius 2 is 2.03 bits per heavy atom. The maximum absolute atomic E-state index is 12.9. The van der Waals surface area contributed by atoms with Crippen molar-refractivity contribution in [3.8, 4) is 0 Å². The Labute approximate surface area is 190 Å². The van der Waals surface area contributed by atoms with Crippen molar-refractivity contribution in [2.45, 2.75) is 44.1 Å². The fourth-order valence-corrected chi connectivity index (χ4v) is 5.28. The van der Waals surface area contributed by atoms with Gasteiger partial charge in [0.2, 0.25) is 17.1 Å². The van der Waals surface area contributed by atoms with Crippen LogP contribution in [0.15, 0.2) is 16.3 Å². The van der Waals surface area contributed by atoms with Gasteiger partial charge in [-0.1, -0.05) is 12.1 Å². The van der Waals surface area contributed by atoms with Crippen LogP contribution >= 0.6 is 23.3 Å². The van der Waals surface area contributed by atoms with Gasteiger partial charge in [0.25, 0.3) is 5.91 Å². The number of nitrogens with zero attached hydrogens (tertiary/aromatic N) is 3. The quantitative estimate of drug-likeness (QED) is 0.293. The van der Waals surface area contributed by atoms with Crippen LogP contribution < -0.4 is 11.1 Å². The van der Waals surface area contributed by atoms with E-state index in [9.17, 15) is 29.4 Å². The lowest BCUT2D eigenvalue weighted by atomic mass is 9.71. The number of anilines is 1. The molecule has 32 heavy (non-hydrogen) atoms. The molecule has 0 radical (unpaired) electrons. The number of carboxylic acids is 2. The Morgan fingerprint density at radius 3 is 2.56 bits per heavy atom. The lowest BCUT2D eigenvalue weighted by molar-refractivity contribution is -0.161. The van der Waals surface area contributed by atoms with Gasteiger partial charge in [-0.3, -0.25) is 9.59 Å². The highest BCUT2D eigenvalue weighted by molar-refractivity contribution is 8.00. The van der Waals surface area contributed by atoms with E-state index < -0.39 is 52.2 Å². The molecule has 0 aromatic carbocycles. The highest BCUT2D eigenvalue weighted by atomic mass is 32.2. The molecule has 2 heterocycles. The molecule has 1 aromatic rings. The molecule has 1 fully saturated rings. The van der Waals surface area contributed by atoms with Crippen molar-refractivity contribution in [2.75, 3.05) is 11.5 Å². The monoisotopic (exact) mass is 483 g/mol. The van der Waals surface area contributed by atoms with Crippen LogP contribution in [-0.4, -0.2) is 71.6 Å². The molecule has 0 spiro atoms. The van der Waals surface area contributed by atoms with E-state index in [0.717, 1.165) is 11.5 Å². The highest BCUT2D eigenvalue weighted by Crippen LogP contribution is 2.46. The number of hydrogen-bond donors (Lipinski definition) is 4. The molecule has 1 aliphatic carbocycles. The molecule has 3 atom stereocenters. The van der Waals surface area contributed by atoms with E-state index in [4.69, 9.17) is 10.6 Å². The summed E-state index contributed by atoms with van der Waals surface area (Å²) in [5.41, 5.74) is 4.17. The first-order valence-corrected chi connectivity index (χ1v) is 11.3. The van der Waals surface area contributed by atoms with Crippen LogP contribution in [0.4, 0.5) is 5.13 Å². The number of Topliss-reactive ketones (excluding diaryl/α,β-unsaturated/α-hetero) is 1. The first kappa shape index (κ1) is 23.7. The van der Waals surface area contributed by atoms with Crippen molar-refractivity contribution in [1.82, 2.24) is 14.7 Å². The second-order valence-electron chi connectivity index (χ2n) is 7.59. The molecule has 0 saturated heterocycles. The Kier molecular flexibility index (Phi) is 6.55. The summed E-state index contributed by atoms with van der Waals surface area (Å²) in [5.74, 6) is -4.29. The van der Waals surface area contributed by atoms with E-state index in [0.29, 0.717) is 17.7 Å². The van der Waals surface area contributed by atoms with Gasteiger partial charge < -0.3 is 26.1 Å². The summed E-state index contributed by atoms with van der Waals surface area (Å²) in [4.78, 5) is 57.5. The summed E-state index contributed by atoms with van der Waals surface area (Å²) in [6.07, 6.45) is 0.520. The predicted octanol–water partition coefficient (Wildman–Crippen LogP) is 0.295.